The predicted octanol–water partition coefficient (Wildman–Crippen LogP) is 1.73. The van der Waals surface area contributed by atoms with Crippen molar-refractivity contribution in [2.75, 3.05) is 13.7 Å². The lowest BCUT2D eigenvalue weighted by atomic mass is 10.1. The van der Waals surface area contributed by atoms with E-state index in [4.69, 9.17) is 5.11 Å². The summed E-state index contributed by atoms with van der Waals surface area (Å²) in [5.41, 5.74) is -1.82. The third-order valence-corrected chi connectivity index (χ3v) is 3.00. The molecule has 0 aliphatic carbocycles. The number of methoxy groups -OCH3 is 1. The van der Waals surface area contributed by atoms with Crippen molar-refractivity contribution in [3.05, 3.63) is 33.8 Å². The van der Waals surface area contributed by atoms with Crippen molar-refractivity contribution >= 4 is 27.8 Å². The van der Waals surface area contributed by atoms with Crippen LogP contribution < -0.4 is 5.32 Å². The van der Waals surface area contributed by atoms with Gasteiger partial charge in [-0.25, -0.2) is 4.79 Å². The molecule has 0 heterocycles. The Morgan fingerprint density at radius 3 is 2.52 bits per heavy atom. The van der Waals surface area contributed by atoms with Gasteiger partial charge in [0.2, 0.25) is 0 Å². The molecule has 0 spiro atoms. The zero-order chi connectivity index (χ0) is 16.2. The van der Waals surface area contributed by atoms with Crippen LogP contribution in [0.25, 0.3) is 0 Å². The van der Waals surface area contributed by atoms with Crippen molar-refractivity contribution in [2.45, 2.75) is 12.2 Å². The van der Waals surface area contributed by atoms with Crippen molar-refractivity contribution in [1.82, 2.24) is 5.32 Å². The molecule has 1 rings (SSSR count). The van der Waals surface area contributed by atoms with Gasteiger partial charge in [-0.2, -0.15) is 13.2 Å². The van der Waals surface area contributed by atoms with E-state index in [9.17, 15) is 22.8 Å². The second kappa shape index (κ2) is 6.90. The zero-order valence-corrected chi connectivity index (χ0v) is 12.3. The lowest BCUT2D eigenvalue weighted by molar-refractivity contribution is -0.143. The summed E-state index contributed by atoms with van der Waals surface area (Å²) in [7, 11) is 1.03. The van der Waals surface area contributed by atoms with Crippen LogP contribution >= 0.6 is 15.9 Å². The Bertz CT molecular complexity index is 548. The molecule has 2 N–H and O–H groups in total. The number of esters is 1. The van der Waals surface area contributed by atoms with E-state index in [1.807, 2.05) is 5.32 Å². The van der Waals surface area contributed by atoms with Crippen molar-refractivity contribution < 1.29 is 32.6 Å². The molecule has 1 unspecified atom stereocenters. The number of hydrogen-bond donors (Lipinski definition) is 2. The molecule has 0 saturated heterocycles. The summed E-state index contributed by atoms with van der Waals surface area (Å²) >= 11 is 2.89. The standard InChI is InChI=1S/C12H11BrF3NO4/c1-21-11(20)9(5-18)17-10(19)7-3-2-6(13)4-8(7)12(14,15)16/h2-4,9,18H,5H2,1H3,(H,17,19). The van der Waals surface area contributed by atoms with Gasteiger partial charge in [-0.3, -0.25) is 4.79 Å². The van der Waals surface area contributed by atoms with Crippen LogP contribution in [-0.4, -0.2) is 36.7 Å². The molecule has 0 aromatic heterocycles. The van der Waals surface area contributed by atoms with Crippen LogP contribution in [0.3, 0.4) is 0 Å². The molecule has 1 atom stereocenters. The lowest BCUT2D eigenvalue weighted by Gasteiger charge is -2.17. The number of alkyl halides is 3. The summed E-state index contributed by atoms with van der Waals surface area (Å²) in [5.74, 6) is -2.10. The Balaban J connectivity index is 3.10. The number of aliphatic hydroxyl groups is 1. The van der Waals surface area contributed by atoms with E-state index >= 15 is 0 Å². The van der Waals surface area contributed by atoms with E-state index in [0.29, 0.717) is 0 Å². The highest BCUT2D eigenvalue weighted by atomic mass is 79.9. The average Bonchev–Trinajstić information content (AvgIpc) is 2.42. The molecule has 0 aliphatic rings. The second-order valence-corrected chi connectivity index (χ2v) is 4.84. The summed E-state index contributed by atoms with van der Waals surface area (Å²) < 4.78 is 43.1. The smallest absolute Gasteiger partial charge is 0.417 e. The lowest BCUT2D eigenvalue weighted by Crippen LogP contribution is -2.44. The first-order valence-corrected chi connectivity index (χ1v) is 6.36. The molecule has 21 heavy (non-hydrogen) atoms. The molecule has 0 fully saturated rings. The molecule has 9 heteroatoms. The van der Waals surface area contributed by atoms with E-state index in [-0.39, 0.29) is 4.47 Å². The maximum atomic E-state index is 12.9. The largest absolute Gasteiger partial charge is 0.467 e. The Morgan fingerprint density at radius 1 is 1.43 bits per heavy atom. The quantitative estimate of drug-likeness (QED) is 0.792. The molecule has 1 aromatic carbocycles. The van der Waals surface area contributed by atoms with Gasteiger partial charge in [-0.05, 0) is 18.2 Å². The minimum absolute atomic E-state index is 0.151. The van der Waals surface area contributed by atoms with Crippen LogP contribution in [0.5, 0.6) is 0 Å². The molecule has 0 saturated carbocycles. The van der Waals surface area contributed by atoms with Gasteiger partial charge in [0.05, 0.1) is 24.8 Å². The van der Waals surface area contributed by atoms with E-state index < -0.39 is 41.8 Å². The number of nitrogens with one attached hydrogen (secondary N) is 1. The van der Waals surface area contributed by atoms with Crippen LogP contribution in [0.4, 0.5) is 13.2 Å². The highest BCUT2D eigenvalue weighted by molar-refractivity contribution is 9.10. The number of hydrogen-bond acceptors (Lipinski definition) is 4. The van der Waals surface area contributed by atoms with Gasteiger partial charge >= 0.3 is 12.1 Å². The van der Waals surface area contributed by atoms with Crippen molar-refractivity contribution in [2.24, 2.45) is 0 Å². The first-order chi connectivity index (χ1) is 9.70. The first kappa shape index (κ1) is 17.4. The summed E-state index contributed by atoms with van der Waals surface area (Å²) in [6.45, 7) is -0.795. The highest BCUT2D eigenvalue weighted by Crippen LogP contribution is 2.33. The van der Waals surface area contributed by atoms with Gasteiger partial charge in [0, 0.05) is 4.47 Å². The Kier molecular flexibility index (Phi) is 5.73. The Labute approximate surface area is 126 Å². The van der Waals surface area contributed by atoms with Gasteiger partial charge < -0.3 is 15.2 Å². The SMILES string of the molecule is COC(=O)C(CO)NC(=O)c1ccc(Br)cc1C(F)(F)F. The number of carbonyl (C=O) groups is 2. The number of amides is 1. The Morgan fingerprint density at radius 2 is 2.05 bits per heavy atom. The summed E-state index contributed by atoms with van der Waals surface area (Å²) in [6, 6.07) is 1.54. The summed E-state index contributed by atoms with van der Waals surface area (Å²) in [6.07, 6.45) is -4.74. The number of ether oxygens (including phenoxy) is 1. The van der Waals surface area contributed by atoms with Crippen LogP contribution in [0.15, 0.2) is 22.7 Å². The van der Waals surface area contributed by atoms with Gasteiger partial charge in [0.25, 0.3) is 5.91 Å². The predicted molar refractivity (Wildman–Crippen MR) is 69.5 cm³/mol. The number of rotatable bonds is 4. The molecule has 5 nitrogen and oxygen atoms in total. The molecule has 1 aromatic rings. The van der Waals surface area contributed by atoms with Crippen LogP contribution in [0, 0.1) is 0 Å². The molecule has 1 amide bonds. The summed E-state index contributed by atoms with van der Waals surface area (Å²) in [5, 5.41) is 10.9. The molecular weight excluding hydrogens is 359 g/mol. The Hall–Kier alpha value is -1.61. The minimum Gasteiger partial charge on any atom is -0.467 e. The van der Waals surface area contributed by atoms with Crippen LogP contribution in [0.1, 0.15) is 15.9 Å². The van der Waals surface area contributed by atoms with Crippen molar-refractivity contribution in [3.63, 3.8) is 0 Å². The molecule has 116 valence electrons. The fraction of sp³-hybridized carbons (Fsp3) is 0.333. The fourth-order valence-corrected chi connectivity index (χ4v) is 1.87. The number of aliphatic hydroxyl groups excluding tert-OH is 1. The van der Waals surface area contributed by atoms with Crippen molar-refractivity contribution in [1.29, 1.82) is 0 Å². The zero-order valence-electron chi connectivity index (χ0n) is 10.7. The third kappa shape index (κ3) is 4.43. The number of carbonyl (C=O) groups excluding carboxylic acids is 2. The van der Waals surface area contributed by atoms with Crippen LogP contribution in [-0.2, 0) is 15.7 Å². The fourth-order valence-electron chi connectivity index (χ4n) is 1.51. The number of halogens is 4. The monoisotopic (exact) mass is 369 g/mol. The molecule has 0 radical (unpaired) electrons. The van der Waals surface area contributed by atoms with Gasteiger partial charge in [-0.15, -0.1) is 0 Å². The molecule has 0 bridgehead atoms. The first-order valence-electron chi connectivity index (χ1n) is 5.57. The number of benzene rings is 1. The second-order valence-electron chi connectivity index (χ2n) is 3.92. The minimum atomic E-state index is -4.74. The topological polar surface area (TPSA) is 75.6 Å². The van der Waals surface area contributed by atoms with E-state index in [1.165, 1.54) is 6.07 Å². The third-order valence-electron chi connectivity index (χ3n) is 2.51. The maximum Gasteiger partial charge on any atom is 0.417 e. The van der Waals surface area contributed by atoms with Gasteiger partial charge in [0.15, 0.2) is 6.04 Å². The summed E-state index contributed by atoms with van der Waals surface area (Å²) in [4.78, 5) is 23.1. The van der Waals surface area contributed by atoms with E-state index in [0.717, 1.165) is 19.2 Å². The maximum absolute atomic E-state index is 12.9. The van der Waals surface area contributed by atoms with Crippen molar-refractivity contribution in [3.8, 4) is 0 Å². The highest BCUT2D eigenvalue weighted by Gasteiger charge is 2.36. The van der Waals surface area contributed by atoms with E-state index in [1.54, 1.807) is 0 Å². The van der Waals surface area contributed by atoms with Crippen LogP contribution in [0.2, 0.25) is 0 Å². The van der Waals surface area contributed by atoms with Gasteiger partial charge in [-0.1, -0.05) is 15.9 Å². The van der Waals surface area contributed by atoms with Gasteiger partial charge in [0.1, 0.15) is 0 Å². The average molecular weight is 370 g/mol. The normalized spacial score (nSPS) is 12.7. The molecule has 0 aliphatic heterocycles. The molecular formula is C12H11BrF3NO4. The van der Waals surface area contributed by atoms with E-state index in [2.05, 4.69) is 20.7 Å².